The smallest absolute Gasteiger partial charge is 0.0332 e. The first-order valence-corrected chi connectivity index (χ1v) is 15.0. The molecule has 192 valence electrons. The Morgan fingerprint density at radius 1 is 0.469 bits per heavy atom. The summed E-state index contributed by atoms with van der Waals surface area (Å²) in [7, 11) is 0. The molecule has 0 saturated carbocycles. The first kappa shape index (κ1) is 31.7. The molecule has 0 aromatic carbocycles. The maximum atomic E-state index is 4.12. The highest BCUT2D eigenvalue weighted by Gasteiger charge is 2.22. The van der Waals surface area contributed by atoms with Crippen molar-refractivity contribution in [2.45, 2.75) is 174 Å². The van der Waals surface area contributed by atoms with Gasteiger partial charge in [0.05, 0.1) is 0 Å². The summed E-state index contributed by atoms with van der Waals surface area (Å²) < 4.78 is 0. The van der Waals surface area contributed by atoms with E-state index >= 15 is 0 Å². The van der Waals surface area contributed by atoms with Gasteiger partial charge in [-0.2, -0.15) is 0 Å². The maximum Gasteiger partial charge on any atom is 0.0332 e. The predicted octanol–water partition coefficient (Wildman–Crippen LogP) is 10.9. The van der Waals surface area contributed by atoms with Gasteiger partial charge in [0.1, 0.15) is 0 Å². The van der Waals surface area contributed by atoms with Gasteiger partial charge in [0.15, 0.2) is 0 Å². The van der Waals surface area contributed by atoms with E-state index in [0.29, 0.717) is 0 Å². The lowest BCUT2D eigenvalue weighted by molar-refractivity contribution is 0.154. The molecule has 0 heterocycles. The Labute approximate surface area is 205 Å². The fourth-order valence-corrected chi connectivity index (χ4v) is 4.75. The highest BCUT2D eigenvalue weighted by molar-refractivity contribution is 4.97. The zero-order valence-corrected chi connectivity index (χ0v) is 23.2. The maximum absolute atomic E-state index is 4.12. The molecule has 0 radical (unpaired) electrons. The van der Waals surface area contributed by atoms with Crippen LogP contribution >= 0.6 is 0 Å². The van der Waals surface area contributed by atoms with Crippen LogP contribution in [0.4, 0.5) is 0 Å². The lowest BCUT2D eigenvalue weighted by atomic mass is 10.0. The second-order valence-corrected chi connectivity index (χ2v) is 10.9. The summed E-state index contributed by atoms with van der Waals surface area (Å²) in [6.07, 6.45) is 33.5. The van der Waals surface area contributed by atoms with Crippen molar-refractivity contribution in [3.63, 3.8) is 0 Å². The van der Waals surface area contributed by atoms with Gasteiger partial charge in [-0.3, -0.25) is 4.90 Å². The molecule has 0 aliphatic heterocycles. The molecule has 0 amide bonds. The number of rotatable bonds is 26. The Kier molecular flexibility index (Phi) is 23.6. The van der Waals surface area contributed by atoms with Crippen LogP contribution in [0.15, 0.2) is 12.7 Å². The van der Waals surface area contributed by atoms with Gasteiger partial charge in [-0.25, -0.2) is 0 Å². The number of hydrogen-bond donors (Lipinski definition) is 0. The summed E-state index contributed by atoms with van der Waals surface area (Å²) in [4.78, 5) is 2.70. The van der Waals surface area contributed by atoms with Crippen LogP contribution in [-0.2, 0) is 0 Å². The van der Waals surface area contributed by atoms with E-state index in [1.807, 2.05) is 0 Å². The Hall–Kier alpha value is -0.300. The van der Waals surface area contributed by atoms with Gasteiger partial charge in [0.25, 0.3) is 0 Å². The number of nitrogens with zero attached hydrogens (tertiary/aromatic N) is 1. The van der Waals surface area contributed by atoms with E-state index in [4.69, 9.17) is 0 Å². The molecular weight excluding hydrogens is 386 g/mol. The Bertz CT molecular complexity index is 347. The van der Waals surface area contributed by atoms with Crippen molar-refractivity contribution in [1.29, 1.82) is 0 Å². The van der Waals surface area contributed by atoms with Crippen molar-refractivity contribution >= 4 is 0 Å². The molecule has 0 saturated heterocycles. The first-order chi connectivity index (χ1) is 15.6. The molecule has 0 fully saturated rings. The fourth-order valence-electron chi connectivity index (χ4n) is 4.75. The van der Waals surface area contributed by atoms with Gasteiger partial charge in [-0.1, -0.05) is 148 Å². The Balaban J connectivity index is 3.73. The Morgan fingerprint density at radius 2 is 0.719 bits per heavy atom. The molecule has 0 aliphatic carbocycles. The third kappa shape index (κ3) is 20.3. The molecule has 1 nitrogen and oxygen atoms in total. The zero-order chi connectivity index (χ0) is 23.8. The Morgan fingerprint density at radius 3 is 0.969 bits per heavy atom. The lowest BCUT2D eigenvalue weighted by Gasteiger charge is -2.36. The van der Waals surface area contributed by atoms with Crippen LogP contribution in [0, 0.1) is 0 Å². The molecule has 32 heavy (non-hydrogen) atoms. The molecule has 0 spiro atoms. The summed E-state index contributed by atoms with van der Waals surface area (Å²) in [6, 6.07) is 0. The number of unbranched alkanes of at least 4 members (excludes halogenated alkanes) is 20. The minimum Gasteiger partial charge on any atom is -0.295 e. The van der Waals surface area contributed by atoms with Crippen LogP contribution in [0.2, 0.25) is 0 Å². The summed E-state index contributed by atoms with van der Waals surface area (Å²) in [5.41, 5.74) is 0.136. The minimum absolute atomic E-state index is 0.136. The molecule has 0 aliphatic rings. The molecule has 0 rings (SSSR count). The van der Waals surface area contributed by atoms with Crippen molar-refractivity contribution in [3.8, 4) is 0 Å². The van der Waals surface area contributed by atoms with E-state index in [2.05, 4.69) is 45.2 Å². The van der Waals surface area contributed by atoms with Gasteiger partial charge < -0.3 is 0 Å². The standard InChI is InChI=1S/C31H63N/c1-6-9-11-13-15-17-19-21-23-25-27-29-32(31(4,5)8-3)30-28-26-24-22-20-18-16-14-12-10-7-2/h8H,3,6-7,9-30H2,1-2,4-5H3. The van der Waals surface area contributed by atoms with Crippen LogP contribution in [0.25, 0.3) is 0 Å². The third-order valence-corrected chi connectivity index (χ3v) is 7.38. The van der Waals surface area contributed by atoms with Crippen molar-refractivity contribution in [2.75, 3.05) is 13.1 Å². The minimum atomic E-state index is 0.136. The second kappa shape index (κ2) is 23.8. The van der Waals surface area contributed by atoms with Gasteiger partial charge in [0.2, 0.25) is 0 Å². The monoisotopic (exact) mass is 449 g/mol. The molecule has 0 N–H and O–H groups in total. The lowest BCUT2D eigenvalue weighted by Crippen LogP contribution is -2.43. The van der Waals surface area contributed by atoms with Crippen molar-refractivity contribution < 1.29 is 0 Å². The highest BCUT2D eigenvalue weighted by Crippen LogP contribution is 2.19. The molecule has 0 bridgehead atoms. The van der Waals surface area contributed by atoms with Crippen molar-refractivity contribution in [2.24, 2.45) is 0 Å². The van der Waals surface area contributed by atoms with Crippen molar-refractivity contribution in [3.05, 3.63) is 12.7 Å². The third-order valence-electron chi connectivity index (χ3n) is 7.38. The molecular formula is C31H63N. The van der Waals surface area contributed by atoms with Crippen LogP contribution in [0.3, 0.4) is 0 Å². The average Bonchev–Trinajstić information content (AvgIpc) is 2.79. The molecule has 0 aromatic rings. The summed E-state index contributed by atoms with van der Waals surface area (Å²) >= 11 is 0. The van der Waals surface area contributed by atoms with Crippen LogP contribution in [0.5, 0.6) is 0 Å². The van der Waals surface area contributed by atoms with Gasteiger partial charge in [0, 0.05) is 5.54 Å². The highest BCUT2D eigenvalue weighted by atomic mass is 15.2. The second-order valence-electron chi connectivity index (χ2n) is 10.9. The van der Waals surface area contributed by atoms with E-state index in [-0.39, 0.29) is 5.54 Å². The summed E-state index contributed by atoms with van der Waals surface area (Å²) in [6.45, 7) is 15.9. The van der Waals surface area contributed by atoms with Crippen LogP contribution in [0.1, 0.15) is 169 Å². The zero-order valence-electron chi connectivity index (χ0n) is 23.2. The largest absolute Gasteiger partial charge is 0.295 e. The molecule has 0 atom stereocenters. The van der Waals surface area contributed by atoms with Crippen molar-refractivity contribution in [1.82, 2.24) is 4.90 Å². The van der Waals surface area contributed by atoms with E-state index in [0.717, 1.165) is 0 Å². The fraction of sp³-hybridized carbons (Fsp3) is 0.935. The molecule has 1 heteroatoms. The van der Waals surface area contributed by atoms with Gasteiger partial charge in [-0.05, 0) is 39.8 Å². The predicted molar refractivity (Wildman–Crippen MR) is 149 cm³/mol. The van der Waals surface area contributed by atoms with Gasteiger partial charge in [-0.15, -0.1) is 6.58 Å². The topological polar surface area (TPSA) is 3.24 Å². The summed E-state index contributed by atoms with van der Waals surface area (Å²) in [5.74, 6) is 0. The van der Waals surface area contributed by atoms with E-state index in [9.17, 15) is 0 Å². The molecule has 0 aromatic heterocycles. The normalized spacial score (nSPS) is 12.0. The van der Waals surface area contributed by atoms with Gasteiger partial charge >= 0.3 is 0 Å². The number of hydrogen-bond acceptors (Lipinski definition) is 1. The first-order valence-electron chi connectivity index (χ1n) is 15.0. The van der Waals surface area contributed by atoms with Crippen LogP contribution in [-0.4, -0.2) is 23.5 Å². The van der Waals surface area contributed by atoms with Crippen LogP contribution < -0.4 is 0 Å². The van der Waals surface area contributed by atoms with E-state index in [1.165, 1.54) is 154 Å². The average molecular weight is 450 g/mol. The molecule has 0 unspecified atom stereocenters. The SMILES string of the molecule is C=CC(C)(C)N(CCCCCCCCCCCCC)CCCCCCCCCCCCC. The van der Waals surface area contributed by atoms with E-state index in [1.54, 1.807) is 0 Å². The van der Waals surface area contributed by atoms with E-state index < -0.39 is 0 Å². The quantitative estimate of drug-likeness (QED) is 0.0937. The summed E-state index contributed by atoms with van der Waals surface area (Å²) in [5, 5.41) is 0.